The number of aromatic nitrogens is 1. The fourth-order valence-corrected chi connectivity index (χ4v) is 7.17. The summed E-state index contributed by atoms with van der Waals surface area (Å²) in [5.74, 6) is 0.729. The molecule has 2 aromatic rings. The van der Waals surface area contributed by atoms with E-state index in [0.717, 1.165) is 5.92 Å². The standard InChI is InChI=1S/C23H35N3S2/c1-22(2,3)26-16-17(14-19(26)21-24-10-13-28-21)15-23(4,5)25-11-6-8-18(25)20-9-7-12-27-20/h7,9-10,12-13,17-19H,6,8,11,14-16H2,1-5H3. The van der Waals surface area contributed by atoms with E-state index in [1.54, 1.807) is 4.88 Å². The molecule has 0 saturated carbocycles. The number of hydrogen-bond acceptors (Lipinski definition) is 5. The number of likely N-dealkylation sites (tertiary alicyclic amines) is 2. The Morgan fingerprint density at radius 3 is 2.54 bits per heavy atom. The maximum Gasteiger partial charge on any atom is 0.110 e. The van der Waals surface area contributed by atoms with E-state index in [9.17, 15) is 0 Å². The molecule has 3 atom stereocenters. The van der Waals surface area contributed by atoms with Crippen LogP contribution >= 0.6 is 22.7 Å². The van der Waals surface area contributed by atoms with Gasteiger partial charge in [0.1, 0.15) is 5.01 Å². The largest absolute Gasteiger partial charge is 0.290 e. The van der Waals surface area contributed by atoms with Gasteiger partial charge >= 0.3 is 0 Å². The minimum absolute atomic E-state index is 0.183. The van der Waals surface area contributed by atoms with Gasteiger partial charge in [0.2, 0.25) is 0 Å². The fraction of sp³-hybridized carbons (Fsp3) is 0.696. The molecule has 28 heavy (non-hydrogen) atoms. The first kappa shape index (κ1) is 20.5. The van der Waals surface area contributed by atoms with Gasteiger partial charge < -0.3 is 0 Å². The van der Waals surface area contributed by atoms with Crippen LogP contribution in [0.3, 0.4) is 0 Å². The Bertz CT molecular complexity index is 745. The fourth-order valence-electron chi connectivity index (χ4n) is 5.54. The highest BCUT2D eigenvalue weighted by molar-refractivity contribution is 7.10. The zero-order chi connectivity index (χ0) is 19.9. The molecule has 0 aromatic carbocycles. The molecular weight excluding hydrogens is 382 g/mol. The average Bonchev–Trinajstić information content (AvgIpc) is 3.36. The molecule has 0 bridgehead atoms. The summed E-state index contributed by atoms with van der Waals surface area (Å²) >= 11 is 3.75. The average molecular weight is 418 g/mol. The van der Waals surface area contributed by atoms with Crippen molar-refractivity contribution in [1.82, 2.24) is 14.8 Å². The number of hydrogen-bond donors (Lipinski definition) is 0. The van der Waals surface area contributed by atoms with Crippen LogP contribution in [-0.2, 0) is 0 Å². The van der Waals surface area contributed by atoms with Crippen LogP contribution in [0, 0.1) is 5.92 Å². The van der Waals surface area contributed by atoms with E-state index in [4.69, 9.17) is 0 Å². The molecule has 0 aliphatic carbocycles. The summed E-state index contributed by atoms with van der Waals surface area (Å²) in [5, 5.41) is 5.66. The second-order valence-corrected chi connectivity index (χ2v) is 12.1. The summed E-state index contributed by atoms with van der Waals surface area (Å²) in [7, 11) is 0. The zero-order valence-electron chi connectivity index (χ0n) is 18.0. The predicted octanol–water partition coefficient (Wildman–Crippen LogP) is 6.37. The van der Waals surface area contributed by atoms with Gasteiger partial charge in [0.25, 0.3) is 0 Å². The molecule has 0 amide bonds. The van der Waals surface area contributed by atoms with Crippen molar-refractivity contribution >= 4 is 22.7 Å². The first-order valence-electron chi connectivity index (χ1n) is 10.7. The molecule has 154 valence electrons. The van der Waals surface area contributed by atoms with Crippen LogP contribution in [0.5, 0.6) is 0 Å². The predicted molar refractivity (Wildman–Crippen MR) is 121 cm³/mol. The third kappa shape index (κ3) is 4.09. The van der Waals surface area contributed by atoms with Gasteiger partial charge in [-0.05, 0) is 84.2 Å². The van der Waals surface area contributed by atoms with Gasteiger partial charge in [-0.15, -0.1) is 22.7 Å². The molecule has 4 heterocycles. The minimum Gasteiger partial charge on any atom is -0.290 e. The molecule has 2 aromatic heterocycles. The molecule has 2 saturated heterocycles. The number of thiazole rings is 1. The molecule has 2 aliphatic heterocycles. The van der Waals surface area contributed by atoms with Crippen molar-refractivity contribution in [3.05, 3.63) is 39.0 Å². The highest BCUT2D eigenvalue weighted by Crippen LogP contribution is 2.46. The smallest absolute Gasteiger partial charge is 0.110 e. The SMILES string of the molecule is CC(C)(C)N1CC(CC(C)(C)N2CCCC2c2cccs2)CC1c1nccs1. The maximum absolute atomic E-state index is 4.68. The van der Waals surface area contributed by atoms with Crippen molar-refractivity contribution in [3.63, 3.8) is 0 Å². The zero-order valence-corrected chi connectivity index (χ0v) is 19.7. The summed E-state index contributed by atoms with van der Waals surface area (Å²) in [4.78, 5) is 11.7. The van der Waals surface area contributed by atoms with Gasteiger partial charge in [0, 0.05) is 40.1 Å². The Morgan fingerprint density at radius 1 is 1.07 bits per heavy atom. The summed E-state index contributed by atoms with van der Waals surface area (Å²) in [5.41, 5.74) is 0.416. The van der Waals surface area contributed by atoms with Crippen LogP contribution in [0.4, 0.5) is 0 Å². The monoisotopic (exact) mass is 417 g/mol. The summed E-state index contributed by atoms with van der Waals surface area (Å²) in [6, 6.07) is 5.64. The van der Waals surface area contributed by atoms with E-state index in [0.29, 0.717) is 12.1 Å². The second kappa shape index (κ2) is 7.82. The molecular formula is C23H35N3S2. The van der Waals surface area contributed by atoms with E-state index in [1.807, 2.05) is 28.9 Å². The van der Waals surface area contributed by atoms with Crippen molar-refractivity contribution < 1.29 is 0 Å². The number of thiophene rings is 1. The van der Waals surface area contributed by atoms with Crippen LogP contribution in [0.1, 0.15) is 82.3 Å². The molecule has 2 fully saturated rings. The second-order valence-electron chi connectivity index (χ2n) is 10.2. The van der Waals surface area contributed by atoms with Crippen molar-refractivity contribution in [1.29, 1.82) is 0 Å². The Morgan fingerprint density at radius 2 is 1.89 bits per heavy atom. The van der Waals surface area contributed by atoms with Crippen LogP contribution in [0.2, 0.25) is 0 Å². The first-order valence-corrected chi connectivity index (χ1v) is 12.5. The van der Waals surface area contributed by atoms with Gasteiger partial charge in [0.15, 0.2) is 0 Å². The van der Waals surface area contributed by atoms with Gasteiger partial charge in [-0.1, -0.05) is 6.07 Å². The normalized spacial score (nSPS) is 27.7. The van der Waals surface area contributed by atoms with E-state index in [2.05, 4.69) is 72.3 Å². The molecule has 5 heteroatoms. The van der Waals surface area contributed by atoms with Crippen LogP contribution in [-0.4, -0.2) is 39.0 Å². The summed E-state index contributed by atoms with van der Waals surface area (Å²) < 4.78 is 0. The molecule has 0 radical (unpaired) electrons. The molecule has 4 rings (SSSR count). The lowest BCUT2D eigenvalue weighted by atomic mass is 9.87. The van der Waals surface area contributed by atoms with E-state index < -0.39 is 0 Å². The lowest BCUT2D eigenvalue weighted by Crippen LogP contribution is -2.45. The molecule has 2 aliphatic rings. The highest BCUT2D eigenvalue weighted by Gasteiger charge is 2.44. The number of nitrogens with zero attached hydrogens (tertiary/aromatic N) is 3. The van der Waals surface area contributed by atoms with Crippen molar-refractivity contribution in [3.8, 4) is 0 Å². The molecule has 0 N–H and O–H groups in total. The highest BCUT2D eigenvalue weighted by atomic mass is 32.1. The van der Waals surface area contributed by atoms with E-state index >= 15 is 0 Å². The third-order valence-corrected chi connectivity index (χ3v) is 8.53. The number of rotatable bonds is 5. The Kier molecular flexibility index (Phi) is 5.73. The summed E-state index contributed by atoms with van der Waals surface area (Å²) in [6.45, 7) is 14.5. The quantitative estimate of drug-likeness (QED) is 0.563. The van der Waals surface area contributed by atoms with E-state index in [1.165, 1.54) is 43.8 Å². The van der Waals surface area contributed by atoms with Crippen LogP contribution < -0.4 is 0 Å². The van der Waals surface area contributed by atoms with Gasteiger partial charge in [0.05, 0.1) is 6.04 Å². The lowest BCUT2D eigenvalue weighted by molar-refractivity contribution is 0.0771. The van der Waals surface area contributed by atoms with Gasteiger partial charge in [-0.3, -0.25) is 9.80 Å². The first-order chi connectivity index (χ1) is 13.3. The minimum atomic E-state index is 0.183. The molecule has 3 nitrogen and oxygen atoms in total. The topological polar surface area (TPSA) is 19.4 Å². The van der Waals surface area contributed by atoms with Crippen molar-refractivity contribution in [2.24, 2.45) is 5.92 Å². The molecule has 3 unspecified atom stereocenters. The third-order valence-electron chi connectivity index (χ3n) is 6.68. The van der Waals surface area contributed by atoms with Crippen LogP contribution in [0.15, 0.2) is 29.1 Å². The van der Waals surface area contributed by atoms with Gasteiger partial charge in [-0.2, -0.15) is 0 Å². The maximum atomic E-state index is 4.68. The van der Waals surface area contributed by atoms with Gasteiger partial charge in [-0.25, -0.2) is 4.98 Å². The van der Waals surface area contributed by atoms with Crippen molar-refractivity contribution in [2.75, 3.05) is 13.1 Å². The van der Waals surface area contributed by atoms with Crippen molar-refractivity contribution in [2.45, 2.75) is 83.5 Å². The molecule has 0 spiro atoms. The van der Waals surface area contributed by atoms with Crippen LogP contribution in [0.25, 0.3) is 0 Å². The Hall–Kier alpha value is -0.750. The Balaban J connectivity index is 1.50. The van der Waals surface area contributed by atoms with E-state index in [-0.39, 0.29) is 11.1 Å². The Labute approximate surface area is 178 Å². The summed E-state index contributed by atoms with van der Waals surface area (Å²) in [6.07, 6.45) is 7.11. The lowest BCUT2D eigenvalue weighted by Gasteiger charge is -2.41.